The van der Waals surface area contributed by atoms with Crippen molar-refractivity contribution in [3.8, 4) is 11.8 Å². The van der Waals surface area contributed by atoms with E-state index in [-0.39, 0.29) is 12.0 Å². The summed E-state index contributed by atoms with van der Waals surface area (Å²) >= 11 is 0. The highest BCUT2D eigenvalue weighted by Gasteiger charge is 2.28. The van der Waals surface area contributed by atoms with Crippen LogP contribution in [0.5, 0.6) is 5.75 Å². The standard InChI is InChI=1S/C27H31N3O2/c28-18-20-6-8-22(9-7-20)27(31)30-14-2-5-26(19-30)32-25-11-10-21-12-15-29(24-3-1-4-24)16-13-23(21)17-25/h6-11,17,24,26H,1-5,12-16,19H2/t26-/m0/s1. The van der Waals surface area contributed by atoms with Crippen LogP contribution < -0.4 is 4.74 Å². The molecule has 2 heterocycles. The van der Waals surface area contributed by atoms with Crippen molar-refractivity contribution in [3.05, 3.63) is 64.7 Å². The van der Waals surface area contributed by atoms with Gasteiger partial charge in [0.15, 0.2) is 0 Å². The molecule has 5 rings (SSSR count). The zero-order valence-electron chi connectivity index (χ0n) is 18.6. The third-order valence-corrected chi connectivity index (χ3v) is 7.33. The lowest BCUT2D eigenvalue weighted by Crippen LogP contribution is -2.44. The molecule has 32 heavy (non-hydrogen) atoms. The van der Waals surface area contributed by atoms with Crippen molar-refractivity contribution < 1.29 is 9.53 Å². The summed E-state index contributed by atoms with van der Waals surface area (Å²) in [5, 5.41) is 8.97. The summed E-state index contributed by atoms with van der Waals surface area (Å²) in [6.07, 6.45) is 8.25. The Labute approximate surface area is 190 Å². The number of nitriles is 1. The third-order valence-electron chi connectivity index (χ3n) is 7.33. The van der Waals surface area contributed by atoms with E-state index < -0.39 is 0 Å². The van der Waals surface area contributed by atoms with E-state index in [9.17, 15) is 4.79 Å². The number of carbonyl (C=O) groups is 1. The first-order valence-electron chi connectivity index (χ1n) is 12.0. The van der Waals surface area contributed by atoms with Crippen LogP contribution in [-0.4, -0.2) is 54.0 Å². The number of rotatable bonds is 4. The molecule has 1 aliphatic carbocycles. The van der Waals surface area contributed by atoms with Crippen molar-refractivity contribution in [2.45, 2.75) is 57.1 Å². The fourth-order valence-corrected chi connectivity index (χ4v) is 5.19. The maximum atomic E-state index is 12.9. The Balaban J connectivity index is 1.21. The fourth-order valence-electron chi connectivity index (χ4n) is 5.19. The van der Waals surface area contributed by atoms with Crippen LogP contribution in [0.15, 0.2) is 42.5 Å². The van der Waals surface area contributed by atoms with Gasteiger partial charge in [-0.2, -0.15) is 5.26 Å². The molecule has 1 amide bonds. The monoisotopic (exact) mass is 429 g/mol. The highest BCUT2D eigenvalue weighted by Crippen LogP contribution is 2.29. The minimum absolute atomic E-state index is 0.0146. The number of ether oxygens (including phenoxy) is 1. The van der Waals surface area contributed by atoms with E-state index in [4.69, 9.17) is 10.00 Å². The Morgan fingerprint density at radius 2 is 1.72 bits per heavy atom. The number of hydrogen-bond acceptors (Lipinski definition) is 4. The van der Waals surface area contributed by atoms with Gasteiger partial charge >= 0.3 is 0 Å². The van der Waals surface area contributed by atoms with Crippen molar-refractivity contribution >= 4 is 5.91 Å². The number of likely N-dealkylation sites (tertiary alicyclic amines) is 1. The van der Waals surface area contributed by atoms with Gasteiger partial charge in [0, 0.05) is 31.2 Å². The van der Waals surface area contributed by atoms with Gasteiger partial charge in [0.25, 0.3) is 5.91 Å². The van der Waals surface area contributed by atoms with E-state index in [2.05, 4.69) is 29.2 Å². The Morgan fingerprint density at radius 3 is 2.44 bits per heavy atom. The number of carbonyl (C=O) groups excluding carboxylic acids is 1. The lowest BCUT2D eigenvalue weighted by Gasteiger charge is -2.36. The van der Waals surface area contributed by atoms with E-state index in [1.165, 1.54) is 36.9 Å². The Kier molecular flexibility index (Phi) is 6.14. The molecule has 1 saturated heterocycles. The fraction of sp³-hybridized carbons (Fsp3) is 0.481. The van der Waals surface area contributed by atoms with Crippen LogP contribution in [0.1, 0.15) is 59.2 Å². The van der Waals surface area contributed by atoms with Gasteiger partial charge in [-0.3, -0.25) is 9.69 Å². The molecule has 0 spiro atoms. The van der Waals surface area contributed by atoms with Crippen molar-refractivity contribution in [1.29, 1.82) is 5.26 Å². The second kappa shape index (κ2) is 9.34. The van der Waals surface area contributed by atoms with E-state index in [1.807, 2.05) is 4.90 Å². The number of amides is 1. The Bertz CT molecular complexity index is 1010. The van der Waals surface area contributed by atoms with Gasteiger partial charge in [0.2, 0.25) is 0 Å². The average molecular weight is 430 g/mol. The van der Waals surface area contributed by atoms with Crippen LogP contribution in [0.2, 0.25) is 0 Å². The molecule has 5 nitrogen and oxygen atoms in total. The van der Waals surface area contributed by atoms with Crippen molar-refractivity contribution in [2.24, 2.45) is 0 Å². The van der Waals surface area contributed by atoms with Gasteiger partial charge in [0.1, 0.15) is 11.9 Å². The summed E-state index contributed by atoms with van der Waals surface area (Å²) < 4.78 is 6.37. The SMILES string of the molecule is N#Cc1ccc(C(=O)N2CCC[C@H](Oc3ccc4c(c3)CCN(C3CCC3)CC4)C2)cc1. The topological polar surface area (TPSA) is 56.6 Å². The molecule has 1 saturated carbocycles. The van der Waals surface area contributed by atoms with Crippen molar-refractivity contribution in [2.75, 3.05) is 26.2 Å². The zero-order chi connectivity index (χ0) is 21.9. The van der Waals surface area contributed by atoms with Crippen LogP contribution in [0.4, 0.5) is 0 Å². The molecule has 0 unspecified atom stereocenters. The predicted octanol–water partition coefficient (Wildman–Crippen LogP) is 4.19. The number of fused-ring (bicyclic) bond motifs is 1. The molecular formula is C27H31N3O2. The lowest BCUT2D eigenvalue weighted by atomic mass is 9.91. The Morgan fingerprint density at radius 1 is 0.938 bits per heavy atom. The zero-order valence-corrected chi connectivity index (χ0v) is 18.6. The second-order valence-corrected chi connectivity index (χ2v) is 9.37. The van der Waals surface area contributed by atoms with E-state index in [1.54, 1.807) is 24.3 Å². The van der Waals surface area contributed by atoms with Crippen LogP contribution in [-0.2, 0) is 12.8 Å². The molecule has 5 heteroatoms. The number of benzene rings is 2. The van der Waals surface area contributed by atoms with E-state index in [0.717, 1.165) is 50.6 Å². The molecule has 1 atom stereocenters. The van der Waals surface area contributed by atoms with Crippen LogP contribution in [0.25, 0.3) is 0 Å². The van der Waals surface area contributed by atoms with E-state index >= 15 is 0 Å². The molecule has 2 aromatic rings. The first-order chi connectivity index (χ1) is 15.7. The summed E-state index contributed by atoms with van der Waals surface area (Å²) in [5.41, 5.74) is 4.08. The smallest absolute Gasteiger partial charge is 0.253 e. The first-order valence-corrected chi connectivity index (χ1v) is 12.0. The maximum Gasteiger partial charge on any atom is 0.253 e. The van der Waals surface area contributed by atoms with E-state index in [0.29, 0.717) is 17.7 Å². The second-order valence-electron chi connectivity index (χ2n) is 9.37. The van der Waals surface area contributed by atoms with Gasteiger partial charge < -0.3 is 9.64 Å². The third kappa shape index (κ3) is 4.52. The molecule has 0 bridgehead atoms. The van der Waals surface area contributed by atoms with Gasteiger partial charge in [-0.1, -0.05) is 12.5 Å². The molecule has 2 aromatic carbocycles. The van der Waals surface area contributed by atoms with Crippen LogP contribution >= 0.6 is 0 Å². The largest absolute Gasteiger partial charge is 0.489 e. The van der Waals surface area contributed by atoms with Crippen LogP contribution in [0.3, 0.4) is 0 Å². The highest BCUT2D eigenvalue weighted by molar-refractivity contribution is 5.94. The minimum atomic E-state index is 0.0146. The minimum Gasteiger partial charge on any atom is -0.489 e. The lowest BCUT2D eigenvalue weighted by molar-refractivity contribution is 0.0537. The number of piperidine rings is 1. The van der Waals surface area contributed by atoms with Gasteiger partial charge in [-0.15, -0.1) is 0 Å². The number of nitrogens with zero attached hydrogens (tertiary/aromatic N) is 3. The molecule has 0 N–H and O–H groups in total. The average Bonchev–Trinajstić information content (AvgIpc) is 3.00. The molecule has 2 aliphatic heterocycles. The normalized spacial score (nSPS) is 21.7. The van der Waals surface area contributed by atoms with Gasteiger partial charge in [-0.05, 0) is 86.1 Å². The number of hydrogen-bond donors (Lipinski definition) is 0. The summed E-state index contributed by atoms with van der Waals surface area (Å²) in [7, 11) is 0. The maximum absolute atomic E-state index is 12.9. The quantitative estimate of drug-likeness (QED) is 0.731. The molecule has 0 radical (unpaired) electrons. The van der Waals surface area contributed by atoms with Crippen molar-refractivity contribution in [1.82, 2.24) is 9.80 Å². The molecular weight excluding hydrogens is 398 g/mol. The van der Waals surface area contributed by atoms with Crippen molar-refractivity contribution in [3.63, 3.8) is 0 Å². The summed E-state index contributed by atoms with van der Waals surface area (Å²) in [6, 6.07) is 16.4. The predicted molar refractivity (Wildman–Crippen MR) is 124 cm³/mol. The summed E-state index contributed by atoms with van der Waals surface area (Å²) in [6.45, 7) is 3.68. The van der Waals surface area contributed by atoms with Crippen LogP contribution in [0, 0.1) is 11.3 Å². The first kappa shape index (κ1) is 21.0. The molecule has 3 aliphatic rings. The van der Waals surface area contributed by atoms with Gasteiger partial charge in [0.05, 0.1) is 18.2 Å². The van der Waals surface area contributed by atoms with Gasteiger partial charge in [-0.25, -0.2) is 0 Å². The highest BCUT2D eigenvalue weighted by atomic mass is 16.5. The molecule has 2 fully saturated rings. The summed E-state index contributed by atoms with van der Waals surface area (Å²) in [5.74, 6) is 0.944. The molecule has 166 valence electrons. The Hall–Kier alpha value is -2.84. The summed E-state index contributed by atoms with van der Waals surface area (Å²) in [4.78, 5) is 17.5. The molecule has 0 aromatic heterocycles.